The first-order valence-corrected chi connectivity index (χ1v) is 12.2. The highest BCUT2D eigenvalue weighted by molar-refractivity contribution is 6.41. The largest absolute Gasteiger partial charge is 0.495 e. The number of halogens is 2. The molecule has 1 aliphatic heterocycles. The van der Waals surface area contributed by atoms with Gasteiger partial charge in [0.2, 0.25) is 5.95 Å². The van der Waals surface area contributed by atoms with Gasteiger partial charge in [0.25, 0.3) is 11.5 Å². The molecule has 3 heterocycles. The molecule has 0 atom stereocenters. The number of rotatable bonds is 9. The third kappa shape index (κ3) is 4.98. The lowest BCUT2D eigenvalue weighted by molar-refractivity contribution is -0.140. The summed E-state index contributed by atoms with van der Waals surface area (Å²) in [5.74, 6) is 0.509. The lowest BCUT2D eigenvalue weighted by Crippen LogP contribution is -2.55. The monoisotopic (exact) mass is 558 g/mol. The zero-order valence-corrected chi connectivity index (χ0v) is 22.4. The van der Waals surface area contributed by atoms with Crippen molar-refractivity contribution in [2.45, 2.75) is 12.6 Å². The minimum Gasteiger partial charge on any atom is -0.495 e. The molecule has 0 unspecified atom stereocenters. The van der Waals surface area contributed by atoms with E-state index in [9.17, 15) is 9.59 Å². The van der Waals surface area contributed by atoms with Crippen LogP contribution in [0.4, 0.5) is 5.95 Å². The summed E-state index contributed by atoms with van der Waals surface area (Å²) in [7, 11) is 4.58. The van der Waals surface area contributed by atoms with Gasteiger partial charge in [0, 0.05) is 43.4 Å². The second-order valence-electron chi connectivity index (χ2n) is 8.31. The van der Waals surface area contributed by atoms with Gasteiger partial charge < -0.3 is 24.4 Å². The number of hydrogen-bond donors (Lipinski definition) is 1. The number of nitrogens with zero attached hydrogens (tertiary/aromatic N) is 5. The van der Waals surface area contributed by atoms with Crippen LogP contribution in [0.25, 0.3) is 22.2 Å². The number of nitriles is 1. The number of aromatic nitrogens is 3. The number of amides is 1. The number of nitrogens with one attached hydrogen (secondary N) is 1. The van der Waals surface area contributed by atoms with E-state index in [1.165, 1.54) is 23.7 Å². The number of methoxy groups -OCH3 is 2. The summed E-state index contributed by atoms with van der Waals surface area (Å²) in [5, 5.41) is 12.6. The molecule has 1 N–H and O–H groups in total. The molecule has 0 saturated carbocycles. The van der Waals surface area contributed by atoms with Crippen LogP contribution in [-0.4, -0.2) is 72.4 Å². The summed E-state index contributed by atoms with van der Waals surface area (Å²) < 4.78 is 18.1. The van der Waals surface area contributed by atoms with Crippen LogP contribution in [0.1, 0.15) is 0 Å². The molecule has 11 nitrogen and oxygen atoms in total. The Kier molecular flexibility index (Phi) is 8.06. The van der Waals surface area contributed by atoms with Crippen molar-refractivity contribution in [3.8, 4) is 28.7 Å². The quantitative estimate of drug-likeness (QED) is 0.310. The SMILES string of the molecule is C=C(C#N)C(=O)N1CC(OCCn2c(=O)c(-c3c(Cl)c(OC)cc(OC)c3Cl)cc3cnc(NC)nc32)C1. The van der Waals surface area contributed by atoms with E-state index in [0.717, 1.165) is 0 Å². The van der Waals surface area contributed by atoms with Crippen molar-refractivity contribution in [1.29, 1.82) is 5.26 Å². The Balaban J connectivity index is 1.69. The molecule has 13 heteroatoms. The van der Waals surface area contributed by atoms with E-state index in [4.69, 9.17) is 42.7 Å². The summed E-state index contributed by atoms with van der Waals surface area (Å²) in [6.45, 7) is 4.41. The van der Waals surface area contributed by atoms with E-state index in [-0.39, 0.29) is 46.0 Å². The Morgan fingerprint density at radius 1 is 1.24 bits per heavy atom. The van der Waals surface area contributed by atoms with Gasteiger partial charge in [0.1, 0.15) is 28.8 Å². The first-order valence-electron chi connectivity index (χ1n) is 11.4. The van der Waals surface area contributed by atoms with E-state index in [0.29, 0.717) is 41.6 Å². The second-order valence-corrected chi connectivity index (χ2v) is 9.07. The molecule has 3 aromatic rings. The van der Waals surface area contributed by atoms with Gasteiger partial charge >= 0.3 is 0 Å². The molecule has 1 amide bonds. The maximum atomic E-state index is 13.8. The third-order valence-corrected chi connectivity index (χ3v) is 6.84. The van der Waals surface area contributed by atoms with E-state index in [2.05, 4.69) is 21.9 Å². The maximum Gasteiger partial charge on any atom is 0.264 e. The van der Waals surface area contributed by atoms with Crippen molar-refractivity contribution in [1.82, 2.24) is 19.4 Å². The first kappa shape index (κ1) is 27.2. The average molecular weight is 559 g/mol. The molecule has 1 saturated heterocycles. The van der Waals surface area contributed by atoms with Crippen LogP contribution in [0.2, 0.25) is 10.0 Å². The second kappa shape index (κ2) is 11.3. The molecule has 38 heavy (non-hydrogen) atoms. The summed E-state index contributed by atoms with van der Waals surface area (Å²) in [4.78, 5) is 36.1. The predicted molar refractivity (Wildman–Crippen MR) is 143 cm³/mol. The van der Waals surface area contributed by atoms with Gasteiger partial charge in [-0.25, -0.2) is 4.98 Å². The summed E-state index contributed by atoms with van der Waals surface area (Å²) >= 11 is 13.2. The average Bonchev–Trinajstić information content (AvgIpc) is 2.90. The van der Waals surface area contributed by atoms with Crippen molar-refractivity contribution >= 4 is 46.1 Å². The predicted octanol–water partition coefficient (Wildman–Crippen LogP) is 3.13. The smallest absolute Gasteiger partial charge is 0.264 e. The molecule has 4 rings (SSSR count). The molecule has 2 aromatic heterocycles. The van der Waals surface area contributed by atoms with Crippen molar-refractivity contribution in [2.75, 3.05) is 46.3 Å². The normalized spacial score (nSPS) is 13.1. The molecule has 1 aromatic carbocycles. The van der Waals surface area contributed by atoms with Gasteiger partial charge in [-0.05, 0) is 6.07 Å². The fourth-order valence-electron chi connectivity index (χ4n) is 4.05. The van der Waals surface area contributed by atoms with Gasteiger partial charge in [0.05, 0.1) is 49.1 Å². The number of carbonyl (C=O) groups excluding carboxylic acids is 1. The molecule has 1 fully saturated rings. The highest BCUT2D eigenvalue weighted by Crippen LogP contribution is 2.45. The summed E-state index contributed by atoms with van der Waals surface area (Å²) in [6, 6.07) is 4.92. The summed E-state index contributed by atoms with van der Waals surface area (Å²) in [6.07, 6.45) is 1.36. The molecule has 0 radical (unpaired) electrons. The maximum absolute atomic E-state index is 13.8. The van der Waals surface area contributed by atoms with E-state index < -0.39 is 11.5 Å². The number of benzene rings is 1. The number of hydrogen-bond acceptors (Lipinski definition) is 9. The van der Waals surface area contributed by atoms with Gasteiger partial charge in [0.15, 0.2) is 0 Å². The minimum atomic E-state index is -0.416. The Hall–Kier alpha value is -3.85. The van der Waals surface area contributed by atoms with Crippen LogP contribution in [0.15, 0.2) is 35.3 Å². The Morgan fingerprint density at radius 3 is 2.47 bits per heavy atom. The van der Waals surface area contributed by atoms with Gasteiger partial charge in [-0.1, -0.05) is 29.8 Å². The molecular weight excluding hydrogens is 535 g/mol. The standard InChI is InChI=1S/C25H24Cl2N6O5/c1-13(9-28)23(34)32-11-15(12-32)38-6-5-33-22-14(10-30-25(29-2)31-22)7-16(24(33)35)19-20(26)17(36-3)8-18(37-4)21(19)27/h7-8,10,15H,1,5-6,11-12H2,2-4H3,(H,29,30,31). The lowest BCUT2D eigenvalue weighted by Gasteiger charge is -2.38. The van der Waals surface area contributed by atoms with Crippen molar-refractivity contribution in [2.24, 2.45) is 0 Å². The Labute approximate surface area is 228 Å². The molecule has 0 aliphatic carbocycles. The van der Waals surface area contributed by atoms with Crippen LogP contribution >= 0.6 is 23.2 Å². The van der Waals surface area contributed by atoms with Crippen LogP contribution in [0.5, 0.6) is 11.5 Å². The van der Waals surface area contributed by atoms with E-state index in [1.807, 2.05) is 0 Å². The van der Waals surface area contributed by atoms with E-state index in [1.54, 1.807) is 31.4 Å². The van der Waals surface area contributed by atoms with Crippen molar-refractivity contribution in [3.63, 3.8) is 0 Å². The topological polar surface area (TPSA) is 132 Å². The molecule has 0 spiro atoms. The minimum absolute atomic E-state index is 0.121. The van der Waals surface area contributed by atoms with Crippen molar-refractivity contribution in [3.05, 3.63) is 50.9 Å². The van der Waals surface area contributed by atoms with Crippen LogP contribution in [0, 0.1) is 11.3 Å². The number of likely N-dealkylation sites (tertiary alicyclic amines) is 1. The number of ether oxygens (including phenoxy) is 3. The number of fused-ring (bicyclic) bond motifs is 1. The Bertz CT molecular complexity index is 1500. The molecule has 198 valence electrons. The highest BCUT2D eigenvalue weighted by atomic mass is 35.5. The Morgan fingerprint density at radius 2 is 1.89 bits per heavy atom. The fourth-order valence-corrected chi connectivity index (χ4v) is 4.75. The first-order chi connectivity index (χ1) is 18.2. The third-order valence-electron chi connectivity index (χ3n) is 6.09. The fraction of sp³-hybridized carbons (Fsp3) is 0.320. The van der Waals surface area contributed by atoms with Crippen LogP contribution in [-0.2, 0) is 16.1 Å². The molecule has 0 bridgehead atoms. The lowest BCUT2D eigenvalue weighted by atomic mass is 10.0. The number of pyridine rings is 1. The van der Waals surface area contributed by atoms with Gasteiger partial charge in [-0.2, -0.15) is 10.2 Å². The number of anilines is 1. The number of carbonyl (C=O) groups is 1. The van der Waals surface area contributed by atoms with Gasteiger partial charge in [-0.15, -0.1) is 0 Å². The molecule has 1 aliphatic rings. The summed E-state index contributed by atoms with van der Waals surface area (Å²) in [5.41, 5.74) is 0.330. The van der Waals surface area contributed by atoms with Gasteiger partial charge in [-0.3, -0.25) is 14.2 Å². The van der Waals surface area contributed by atoms with Crippen LogP contribution < -0.4 is 20.3 Å². The molecular formula is C25H24Cl2N6O5. The van der Waals surface area contributed by atoms with E-state index >= 15 is 0 Å². The highest BCUT2D eigenvalue weighted by Gasteiger charge is 2.32. The van der Waals surface area contributed by atoms with Crippen LogP contribution in [0.3, 0.4) is 0 Å². The van der Waals surface area contributed by atoms with Crippen molar-refractivity contribution < 1.29 is 19.0 Å². The zero-order valence-electron chi connectivity index (χ0n) is 20.9. The zero-order chi connectivity index (χ0) is 27.6.